The van der Waals surface area contributed by atoms with Crippen molar-refractivity contribution in [3.8, 4) is 0 Å². The lowest BCUT2D eigenvalue weighted by Gasteiger charge is -2.18. The first-order valence-corrected chi connectivity index (χ1v) is 25.2. The van der Waals surface area contributed by atoms with Crippen molar-refractivity contribution in [2.24, 2.45) is 0 Å². The number of hydrogen-bond donors (Lipinski definition) is 0. The van der Waals surface area contributed by atoms with Gasteiger partial charge in [0.05, 0.1) is 6.61 Å². The van der Waals surface area contributed by atoms with Crippen molar-refractivity contribution in [2.45, 2.75) is 258 Å². The number of allylic oxidation sites excluding steroid dienone is 8. The molecule has 0 amide bonds. The van der Waals surface area contributed by atoms with Crippen LogP contribution in [0, 0.1) is 0 Å². The Morgan fingerprint density at radius 1 is 0.397 bits per heavy atom. The van der Waals surface area contributed by atoms with Crippen LogP contribution in [0.5, 0.6) is 0 Å². The standard InChI is InChI=1S/C53H96O5/c1-4-7-10-13-16-19-22-25-26-27-28-30-31-34-37-40-43-46-52(54)57-50-51(49-56-48-45-42-39-36-33-24-21-18-15-12-9-6-3)58-53(55)47-44-41-38-35-32-29-23-20-17-14-11-8-5-2/h7,10,16,19,25-26,28,30,51H,4-6,8-9,11-15,17-18,20-24,27,29,31-50H2,1-3H3/b10-7-,19-16-,26-25-,30-28-. The van der Waals surface area contributed by atoms with Crippen LogP contribution in [0.25, 0.3) is 0 Å². The molecular formula is C53H96O5. The van der Waals surface area contributed by atoms with Crippen molar-refractivity contribution in [2.75, 3.05) is 19.8 Å². The maximum Gasteiger partial charge on any atom is 0.306 e. The zero-order chi connectivity index (χ0) is 42.1. The van der Waals surface area contributed by atoms with Crippen LogP contribution in [-0.4, -0.2) is 37.9 Å². The first-order valence-electron chi connectivity index (χ1n) is 25.2. The van der Waals surface area contributed by atoms with Crippen LogP contribution in [0.3, 0.4) is 0 Å². The van der Waals surface area contributed by atoms with Gasteiger partial charge in [0, 0.05) is 19.4 Å². The summed E-state index contributed by atoms with van der Waals surface area (Å²) in [5.74, 6) is -0.413. The third-order valence-corrected chi connectivity index (χ3v) is 10.9. The van der Waals surface area contributed by atoms with E-state index in [9.17, 15) is 9.59 Å². The fourth-order valence-electron chi connectivity index (χ4n) is 7.15. The average molecular weight is 813 g/mol. The van der Waals surface area contributed by atoms with Crippen LogP contribution in [0.4, 0.5) is 0 Å². The zero-order valence-corrected chi connectivity index (χ0v) is 38.8. The monoisotopic (exact) mass is 813 g/mol. The molecule has 0 spiro atoms. The summed E-state index contributed by atoms with van der Waals surface area (Å²) in [5, 5.41) is 0. The molecule has 0 bridgehead atoms. The molecule has 1 atom stereocenters. The van der Waals surface area contributed by atoms with E-state index in [1.165, 1.54) is 141 Å². The Kier molecular flexibility index (Phi) is 47.4. The van der Waals surface area contributed by atoms with E-state index in [0.29, 0.717) is 19.4 Å². The van der Waals surface area contributed by atoms with Crippen LogP contribution < -0.4 is 0 Å². The van der Waals surface area contributed by atoms with Crippen molar-refractivity contribution in [3.05, 3.63) is 48.6 Å². The zero-order valence-electron chi connectivity index (χ0n) is 38.8. The molecule has 0 aromatic rings. The minimum Gasteiger partial charge on any atom is -0.462 e. The van der Waals surface area contributed by atoms with E-state index < -0.39 is 6.10 Å². The summed E-state index contributed by atoms with van der Waals surface area (Å²) in [4.78, 5) is 25.3. The first kappa shape index (κ1) is 55.9. The lowest BCUT2D eigenvalue weighted by molar-refractivity contribution is -0.163. The second-order valence-corrected chi connectivity index (χ2v) is 16.7. The smallest absolute Gasteiger partial charge is 0.306 e. The number of carbonyl (C=O) groups is 2. The normalized spacial score (nSPS) is 12.5. The van der Waals surface area contributed by atoms with Gasteiger partial charge in [0.2, 0.25) is 0 Å². The van der Waals surface area contributed by atoms with E-state index in [4.69, 9.17) is 14.2 Å². The van der Waals surface area contributed by atoms with Crippen LogP contribution in [0.15, 0.2) is 48.6 Å². The third-order valence-electron chi connectivity index (χ3n) is 10.9. The second-order valence-electron chi connectivity index (χ2n) is 16.7. The van der Waals surface area contributed by atoms with E-state index in [0.717, 1.165) is 77.0 Å². The summed E-state index contributed by atoms with van der Waals surface area (Å²) in [7, 11) is 0. The molecule has 338 valence electrons. The maximum absolute atomic E-state index is 12.8. The summed E-state index contributed by atoms with van der Waals surface area (Å²) in [6.07, 6.45) is 59.7. The second kappa shape index (κ2) is 49.2. The molecule has 0 fully saturated rings. The molecular weight excluding hydrogens is 717 g/mol. The lowest BCUT2D eigenvalue weighted by atomic mass is 10.0. The van der Waals surface area contributed by atoms with Crippen LogP contribution in [0.2, 0.25) is 0 Å². The average Bonchev–Trinajstić information content (AvgIpc) is 3.22. The van der Waals surface area contributed by atoms with Crippen molar-refractivity contribution in [3.63, 3.8) is 0 Å². The Bertz CT molecular complexity index is 966. The summed E-state index contributed by atoms with van der Waals surface area (Å²) in [5.41, 5.74) is 0. The van der Waals surface area contributed by atoms with Gasteiger partial charge in [0.1, 0.15) is 6.61 Å². The molecule has 0 aromatic heterocycles. The van der Waals surface area contributed by atoms with Gasteiger partial charge in [-0.15, -0.1) is 0 Å². The predicted molar refractivity (Wildman–Crippen MR) is 251 cm³/mol. The van der Waals surface area contributed by atoms with Gasteiger partial charge in [0.25, 0.3) is 0 Å². The van der Waals surface area contributed by atoms with Crippen molar-refractivity contribution < 1.29 is 23.8 Å². The van der Waals surface area contributed by atoms with Gasteiger partial charge < -0.3 is 14.2 Å². The summed E-state index contributed by atoms with van der Waals surface area (Å²) < 4.78 is 17.4. The molecule has 58 heavy (non-hydrogen) atoms. The Balaban J connectivity index is 4.27. The molecule has 0 saturated carbocycles. The molecule has 0 radical (unpaired) electrons. The molecule has 5 heteroatoms. The van der Waals surface area contributed by atoms with E-state index in [-0.39, 0.29) is 25.2 Å². The Hall–Kier alpha value is -2.14. The van der Waals surface area contributed by atoms with Crippen molar-refractivity contribution in [1.82, 2.24) is 0 Å². The molecule has 0 aliphatic heterocycles. The first-order chi connectivity index (χ1) is 28.6. The Morgan fingerprint density at radius 3 is 1.24 bits per heavy atom. The lowest BCUT2D eigenvalue weighted by Crippen LogP contribution is -2.30. The molecule has 0 aliphatic carbocycles. The van der Waals surface area contributed by atoms with Crippen molar-refractivity contribution >= 4 is 11.9 Å². The summed E-state index contributed by atoms with van der Waals surface area (Å²) >= 11 is 0. The fourth-order valence-corrected chi connectivity index (χ4v) is 7.15. The highest BCUT2D eigenvalue weighted by Gasteiger charge is 2.17. The number of carbonyl (C=O) groups excluding carboxylic acids is 2. The predicted octanol–water partition coefficient (Wildman–Crippen LogP) is 16.8. The maximum atomic E-state index is 12.8. The largest absolute Gasteiger partial charge is 0.462 e. The van der Waals surface area contributed by atoms with E-state index >= 15 is 0 Å². The highest BCUT2D eigenvalue weighted by molar-refractivity contribution is 5.70. The van der Waals surface area contributed by atoms with Gasteiger partial charge in [0.15, 0.2) is 6.10 Å². The minimum atomic E-state index is -0.540. The number of ether oxygens (including phenoxy) is 3. The fraction of sp³-hybridized carbons (Fsp3) is 0.811. The molecule has 0 saturated heterocycles. The SMILES string of the molecule is CC/C=C\C/C=C\C/C=C\C/C=C\CCCCCCC(=O)OCC(COCCCCCCCCCCCCCC)OC(=O)CCCCCCCCCCCCCCC. The molecule has 0 rings (SSSR count). The number of esters is 2. The van der Waals surface area contributed by atoms with Gasteiger partial charge in [-0.3, -0.25) is 9.59 Å². The molecule has 0 heterocycles. The van der Waals surface area contributed by atoms with Gasteiger partial charge in [-0.2, -0.15) is 0 Å². The highest BCUT2D eigenvalue weighted by Crippen LogP contribution is 2.15. The number of unbranched alkanes of at least 4 members (excludes halogenated alkanes) is 27. The Labute approximate surface area is 361 Å². The van der Waals surface area contributed by atoms with E-state index in [2.05, 4.69) is 69.4 Å². The highest BCUT2D eigenvalue weighted by atomic mass is 16.6. The summed E-state index contributed by atoms with van der Waals surface area (Å²) in [6.45, 7) is 7.72. The van der Waals surface area contributed by atoms with Gasteiger partial charge in [-0.25, -0.2) is 0 Å². The topological polar surface area (TPSA) is 61.8 Å². The third kappa shape index (κ3) is 46.5. The van der Waals surface area contributed by atoms with Crippen LogP contribution >= 0.6 is 0 Å². The molecule has 1 unspecified atom stereocenters. The van der Waals surface area contributed by atoms with E-state index in [1.807, 2.05) is 0 Å². The molecule has 0 aliphatic rings. The molecule has 0 N–H and O–H groups in total. The number of hydrogen-bond acceptors (Lipinski definition) is 5. The van der Waals surface area contributed by atoms with Gasteiger partial charge in [-0.1, -0.05) is 230 Å². The van der Waals surface area contributed by atoms with Gasteiger partial charge >= 0.3 is 11.9 Å². The van der Waals surface area contributed by atoms with Crippen LogP contribution in [0.1, 0.15) is 252 Å². The number of rotatable bonds is 46. The van der Waals surface area contributed by atoms with Gasteiger partial charge in [-0.05, 0) is 57.8 Å². The molecule has 5 nitrogen and oxygen atoms in total. The quantitative estimate of drug-likeness (QED) is 0.0348. The van der Waals surface area contributed by atoms with Crippen LogP contribution in [-0.2, 0) is 23.8 Å². The minimum absolute atomic E-state index is 0.0768. The van der Waals surface area contributed by atoms with E-state index in [1.54, 1.807) is 0 Å². The van der Waals surface area contributed by atoms with Crippen molar-refractivity contribution in [1.29, 1.82) is 0 Å². The Morgan fingerprint density at radius 2 is 0.776 bits per heavy atom. The summed E-state index contributed by atoms with van der Waals surface area (Å²) in [6, 6.07) is 0. The molecule has 0 aromatic carbocycles.